The van der Waals surface area contributed by atoms with Crippen molar-refractivity contribution in [2.45, 2.75) is 77.5 Å². The molecule has 0 aromatic rings. The number of hydrogen-bond acceptors (Lipinski definition) is 2. The van der Waals surface area contributed by atoms with Crippen LogP contribution in [0, 0.1) is 0 Å². The number of aliphatic hydroxyl groups is 1. The lowest BCUT2D eigenvalue weighted by atomic mass is 9.92. The van der Waals surface area contributed by atoms with Crippen LogP contribution in [-0.4, -0.2) is 23.3 Å². The Kier molecular flexibility index (Phi) is 6.07. The van der Waals surface area contributed by atoms with E-state index in [1.54, 1.807) is 0 Å². The molecule has 16 heavy (non-hydrogen) atoms. The molecule has 94 valence electrons. The normalized spacial score (nSPS) is 27.5. The number of aliphatic hydroxyl groups excluding tert-OH is 1. The smallest absolute Gasteiger partial charge is 0.0541 e. The van der Waals surface area contributed by atoms with Crippen molar-refractivity contribution in [2.24, 2.45) is 0 Å². The molecule has 1 rings (SSSR count). The fourth-order valence-electron chi connectivity index (χ4n) is 2.35. The van der Waals surface area contributed by atoms with E-state index in [2.05, 4.69) is 32.2 Å². The molecule has 2 heteroatoms. The molecule has 0 unspecified atom stereocenters. The SMILES string of the molecule is CC(C)=CCC[C@@H](C)NC1CCC(O)CC1. The van der Waals surface area contributed by atoms with E-state index in [9.17, 15) is 5.11 Å². The quantitative estimate of drug-likeness (QED) is 0.705. The van der Waals surface area contributed by atoms with Crippen LogP contribution in [0.1, 0.15) is 59.3 Å². The van der Waals surface area contributed by atoms with Crippen LogP contribution in [0.3, 0.4) is 0 Å². The molecule has 0 aromatic heterocycles. The molecular weight excluding hydrogens is 198 g/mol. The summed E-state index contributed by atoms with van der Waals surface area (Å²) in [6, 6.07) is 1.22. The maximum Gasteiger partial charge on any atom is 0.0541 e. The summed E-state index contributed by atoms with van der Waals surface area (Å²) in [5.74, 6) is 0. The average molecular weight is 225 g/mol. The molecule has 0 heterocycles. The lowest BCUT2D eigenvalue weighted by Gasteiger charge is -2.29. The summed E-state index contributed by atoms with van der Waals surface area (Å²) in [4.78, 5) is 0. The molecule has 2 nitrogen and oxygen atoms in total. The number of allylic oxidation sites excluding steroid dienone is 2. The van der Waals surface area contributed by atoms with Crippen molar-refractivity contribution in [3.8, 4) is 0 Å². The highest BCUT2D eigenvalue weighted by Crippen LogP contribution is 2.19. The molecule has 1 aliphatic rings. The van der Waals surface area contributed by atoms with Crippen LogP contribution >= 0.6 is 0 Å². The van der Waals surface area contributed by atoms with Crippen molar-refractivity contribution in [2.75, 3.05) is 0 Å². The Morgan fingerprint density at radius 3 is 2.50 bits per heavy atom. The van der Waals surface area contributed by atoms with Crippen LogP contribution in [0.15, 0.2) is 11.6 Å². The van der Waals surface area contributed by atoms with Crippen LogP contribution in [-0.2, 0) is 0 Å². The average Bonchev–Trinajstić information content (AvgIpc) is 2.21. The van der Waals surface area contributed by atoms with Gasteiger partial charge in [-0.2, -0.15) is 0 Å². The minimum Gasteiger partial charge on any atom is -0.393 e. The summed E-state index contributed by atoms with van der Waals surface area (Å²) in [5.41, 5.74) is 1.41. The van der Waals surface area contributed by atoms with E-state index in [0.29, 0.717) is 12.1 Å². The molecule has 1 fully saturated rings. The topological polar surface area (TPSA) is 32.3 Å². The van der Waals surface area contributed by atoms with E-state index >= 15 is 0 Å². The summed E-state index contributed by atoms with van der Waals surface area (Å²) in [6.07, 6.45) is 8.86. The van der Waals surface area contributed by atoms with Crippen LogP contribution in [0.2, 0.25) is 0 Å². The lowest BCUT2D eigenvalue weighted by Crippen LogP contribution is -2.39. The molecule has 0 aromatic carbocycles. The molecule has 0 radical (unpaired) electrons. The maximum atomic E-state index is 9.43. The standard InChI is InChI=1S/C14H27NO/c1-11(2)5-4-6-12(3)15-13-7-9-14(16)10-8-13/h5,12-16H,4,6-10H2,1-3H3/t12-,13?,14?/m1/s1. The van der Waals surface area contributed by atoms with Gasteiger partial charge in [0.1, 0.15) is 0 Å². The predicted octanol–water partition coefficient (Wildman–Crippen LogP) is 3.01. The zero-order valence-electron chi connectivity index (χ0n) is 11.0. The van der Waals surface area contributed by atoms with E-state index in [-0.39, 0.29) is 6.10 Å². The lowest BCUT2D eigenvalue weighted by molar-refractivity contribution is 0.114. The zero-order chi connectivity index (χ0) is 12.0. The molecule has 1 atom stereocenters. The molecule has 0 bridgehead atoms. The largest absolute Gasteiger partial charge is 0.393 e. The van der Waals surface area contributed by atoms with Crippen molar-refractivity contribution in [3.63, 3.8) is 0 Å². The Morgan fingerprint density at radius 2 is 1.94 bits per heavy atom. The van der Waals surface area contributed by atoms with Gasteiger partial charge < -0.3 is 10.4 Å². The van der Waals surface area contributed by atoms with E-state index in [1.165, 1.54) is 18.4 Å². The molecule has 1 aliphatic carbocycles. The first-order valence-electron chi connectivity index (χ1n) is 6.65. The monoisotopic (exact) mass is 225 g/mol. The van der Waals surface area contributed by atoms with Gasteiger partial charge in [0.25, 0.3) is 0 Å². The van der Waals surface area contributed by atoms with Gasteiger partial charge in [0, 0.05) is 12.1 Å². The minimum absolute atomic E-state index is 0.0426. The Morgan fingerprint density at radius 1 is 1.31 bits per heavy atom. The zero-order valence-corrected chi connectivity index (χ0v) is 11.0. The molecule has 0 saturated heterocycles. The van der Waals surface area contributed by atoms with E-state index in [0.717, 1.165) is 25.7 Å². The third kappa shape index (κ3) is 5.66. The van der Waals surface area contributed by atoms with Crippen LogP contribution in [0.25, 0.3) is 0 Å². The molecule has 0 amide bonds. The van der Waals surface area contributed by atoms with Crippen LogP contribution < -0.4 is 5.32 Å². The van der Waals surface area contributed by atoms with Crippen molar-refractivity contribution < 1.29 is 5.11 Å². The highest BCUT2D eigenvalue weighted by atomic mass is 16.3. The summed E-state index contributed by atoms with van der Waals surface area (Å²) < 4.78 is 0. The molecule has 1 saturated carbocycles. The van der Waals surface area contributed by atoms with Gasteiger partial charge in [0.05, 0.1) is 6.10 Å². The van der Waals surface area contributed by atoms with Crippen molar-refractivity contribution in [3.05, 3.63) is 11.6 Å². The highest BCUT2D eigenvalue weighted by molar-refractivity contribution is 4.93. The molecule has 0 spiro atoms. The molecule has 2 N–H and O–H groups in total. The van der Waals surface area contributed by atoms with Crippen molar-refractivity contribution in [1.29, 1.82) is 0 Å². The first-order valence-corrected chi connectivity index (χ1v) is 6.65. The number of nitrogens with one attached hydrogen (secondary N) is 1. The van der Waals surface area contributed by atoms with Gasteiger partial charge in [-0.1, -0.05) is 11.6 Å². The summed E-state index contributed by atoms with van der Waals surface area (Å²) in [5, 5.41) is 13.1. The predicted molar refractivity (Wildman–Crippen MR) is 69.5 cm³/mol. The number of rotatable bonds is 5. The summed E-state index contributed by atoms with van der Waals surface area (Å²) >= 11 is 0. The fourth-order valence-corrected chi connectivity index (χ4v) is 2.35. The Balaban J connectivity index is 2.14. The molecule has 0 aliphatic heterocycles. The van der Waals surface area contributed by atoms with E-state index in [1.807, 2.05) is 0 Å². The molecular formula is C14H27NO. The maximum absolute atomic E-state index is 9.43. The van der Waals surface area contributed by atoms with Crippen molar-refractivity contribution >= 4 is 0 Å². The van der Waals surface area contributed by atoms with Gasteiger partial charge in [-0.3, -0.25) is 0 Å². The van der Waals surface area contributed by atoms with Crippen molar-refractivity contribution in [1.82, 2.24) is 5.32 Å². The highest BCUT2D eigenvalue weighted by Gasteiger charge is 2.19. The van der Waals surface area contributed by atoms with Gasteiger partial charge in [-0.05, 0) is 59.3 Å². The second-order valence-electron chi connectivity index (χ2n) is 5.43. The van der Waals surface area contributed by atoms with Gasteiger partial charge in [-0.25, -0.2) is 0 Å². The van der Waals surface area contributed by atoms with Gasteiger partial charge in [0.2, 0.25) is 0 Å². The third-order valence-corrected chi connectivity index (χ3v) is 3.37. The summed E-state index contributed by atoms with van der Waals surface area (Å²) in [7, 11) is 0. The third-order valence-electron chi connectivity index (χ3n) is 3.37. The van der Waals surface area contributed by atoms with E-state index < -0.39 is 0 Å². The fraction of sp³-hybridized carbons (Fsp3) is 0.857. The van der Waals surface area contributed by atoms with Gasteiger partial charge in [-0.15, -0.1) is 0 Å². The second-order valence-corrected chi connectivity index (χ2v) is 5.43. The first-order chi connectivity index (χ1) is 7.58. The van der Waals surface area contributed by atoms with Crippen LogP contribution in [0.4, 0.5) is 0 Å². The first kappa shape index (κ1) is 13.7. The van der Waals surface area contributed by atoms with Crippen LogP contribution in [0.5, 0.6) is 0 Å². The Labute approximate surface area is 100 Å². The second kappa shape index (κ2) is 7.08. The summed E-state index contributed by atoms with van der Waals surface area (Å²) in [6.45, 7) is 6.57. The number of hydrogen-bond donors (Lipinski definition) is 2. The Hall–Kier alpha value is -0.340. The van der Waals surface area contributed by atoms with E-state index in [4.69, 9.17) is 0 Å². The Bertz CT molecular complexity index is 213. The van der Waals surface area contributed by atoms with Gasteiger partial charge >= 0.3 is 0 Å². The minimum atomic E-state index is -0.0426. The van der Waals surface area contributed by atoms with Gasteiger partial charge in [0.15, 0.2) is 0 Å².